The number of nitrogens with two attached hydrogens (primary N) is 1. The van der Waals surface area contributed by atoms with E-state index in [0.717, 1.165) is 16.5 Å². The van der Waals surface area contributed by atoms with E-state index >= 15 is 0 Å². The number of rotatable bonds is 4. The molecule has 0 radical (unpaired) electrons. The Balaban J connectivity index is 1.71. The number of aromatic nitrogens is 2. The van der Waals surface area contributed by atoms with Gasteiger partial charge in [-0.15, -0.1) is 0 Å². The van der Waals surface area contributed by atoms with Gasteiger partial charge in [-0.2, -0.15) is 5.10 Å². The third-order valence-corrected chi connectivity index (χ3v) is 4.58. The summed E-state index contributed by atoms with van der Waals surface area (Å²) in [5, 5.41) is 12.9. The zero-order valence-electron chi connectivity index (χ0n) is 11.3. The summed E-state index contributed by atoms with van der Waals surface area (Å²) in [6.07, 6.45) is 1.98. The summed E-state index contributed by atoms with van der Waals surface area (Å²) >= 11 is 0. The number of hydrogen-bond acceptors (Lipinski definition) is 4. The Hall–Kier alpha value is -1.93. The molecule has 0 saturated carbocycles. The molecule has 1 amide bonds. The third kappa shape index (κ3) is 3.22. The maximum atomic E-state index is 12.0. The van der Waals surface area contributed by atoms with Crippen molar-refractivity contribution in [3.8, 4) is 0 Å². The Bertz CT molecular complexity index is 784. The molecule has 21 heavy (non-hydrogen) atoms. The average molecular weight is 308 g/mol. The normalized spacial score (nSPS) is 19.6. The number of nitrogens with one attached hydrogen (secondary N) is 1. The molecule has 2 heterocycles. The zero-order chi connectivity index (χ0) is 15.0. The van der Waals surface area contributed by atoms with Gasteiger partial charge in [0, 0.05) is 30.8 Å². The quantitative estimate of drug-likeness (QED) is 0.840. The van der Waals surface area contributed by atoms with Crippen LogP contribution in [0.5, 0.6) is 0 Å². The summed E-state index contributed by atoms with van der Waals surface area (Å²) in [7, 11) is -3.54. The molecule has 2 aromatic rings. The van der Waals surface area contributed by atoms with Gasteiger partial charge in [0.05, 0.1) is 17.5 Å². The topological polar surface area (TPSA) is 109 Å². The highest BCUT2D eigenvalue weighted by Crippen LogP contribution is 2.22. The van der Waals surface area contributed by atoms with Crippen LogP contribution < -0.4 is 5.14 Å². The summed E-state index contributed by atoms with van der Waals surface area (Å²) in [5.74, 6) is -0.397. The van der Waals surface area contributed by atoms with Gasteiger partial charge in [-0.05, 0) is 11.6 Å². The SMILES string of the molecule is NS(=O)(=O)CC1CC(=O)N(Cc2ccc3cn[nH]c3c2)C1. The van der Waals surface area contributed by atoms with E-state index < -0.39 is 10.0 Å². The molecule has 0 bridgehead atoms. The maximum Gasteiger partial charge on any atom is 0.223 e. The zero-order valence-corrected chi connectivity index (χ0v) is 12.1. The fourth-order valence-corrected chi connectivity index (χ4v) is 3.63. The van der Waals surface area contributed by atoms with Crippen molar-refractivity contribution in [1.82, 2.24) is 15.1 Å². The number of amides is 1. The van der Waals surface area contributed by atoms with Gasteiger partial charge >= 0.3 is 0 Å². The number of benzene rings is 1. The molecule has 3 N–H and O–H groups in total. The van der Waals surface area contributed by atoms with E-state index in [1.54, 1.807) is 11.1 Å². The maximum absolute atomic E-state index is 12.0. The number of hydrogen-bond donors (Lipinski definition) is 2. The van der Waals surface area contributed by atoms with Crippen LogP contribution in [0.25, 0.3) is 10.9 Å². The first kappa shape index (κ1) is 14.0. The summed E-state index contributed by atoms with van der Waals surface area (Å²) in [6.45, 7) is 0.894. The van der Waals surface area contributed by atoms with Crippen LogP contribution >= 0.6 is 0 Å². The second kappa shape index (κ2) is 5.12. The Labute approximate surface area is 122 Å². The first-order valence-corrected chi connectivity index (χ1v) is 8.32. The van der Waals surface area contributed by atoms with Gasteiger partial charge in [0.25, 0.3) is 0 Å². The number of nitrogens with zero attached hydrogens (tertiary/aromatic N) is 2. The highest BCUT2D eigenvalue weighted by atomic mass is 32.2. The van der Waals surface area contributed by atoms with Crippen molar-refractivity contribution in [2.75, 3.05) is 12.3 Å². The van der Waals surface area contributed by atoms with Crippen molar-refractivity contribution in [2.45, 2.75) is 13.0 Å². The number of carbonyl (C=O) groups is 1. The summed E-state index contributed by atoms with van der Waals surface area (Å²) < 4.78 is 22.2. The number of likely N-dealkylation sites (tertiary alicyclic amines) is 1. The minimum atomic E-state index is -3.54. The molecule has 8 heteroatoms. The molecule has 1 fully saturated rings. The van der Waals surface area contributed by atoms with E-state index in [4.69, 9.17) is 5.14 Å². The minimum absolute atomic E-state index is 0.0339. The molecule has 0 aliphatic carbocycles. The number of carbonyl (C=O) groups excluding carboxylic acids is 1. The standard InChI is InChI=1S/C13H16N4O3S/c14-21(19,20)8-10-4-13(18)17(7-10)6-9-1-2-11-5-15-16-12(11)3-9/h1-3,5,10H,4,6-8H2,(H,15,16)(H2,14,19,20). The van der Waals surface area contributed by atoms with Gasteiger partial charge in [0.1, 0.15) is 0 Å². The number of aromatic amines is 1. The van der Waals surface area contributed by atoms with Crippen LogP contribution in [0.3, 0.4) is 0 Å². The molecule has 7 nitrogen and oxygen atoms in total. The van der Waals surface area contributed by atoms with Crippen LogP contribution in [0.15, 0.2) is 24.4 Å². The number of primary sulfonamides is 1. The third-order valence-electron chi connectivity index (χ3n) is 3.64. The van der Waals surface area contributed by atoms with Gasteiger partial charge in [-0.25, -0.2) is 13.6 Å². The minimum Gasteiger partial charge on any atom is -0.338 e. The van der Waals surface area contributed by atoms with Crippen molar-refractivity contribution in [2.24, 2.45) is 11.1 Å². The summed E-state index contributed by atoms with van der Waals surface area (Å²) in [5.41, 5.74) is 1.90. The molecule has 1 atom stereocenters. The highest BCUT2D eigenvalue weighted by Gasteiger charge is 2.31. The van der Waals surface area contributed by atoms with E-state index in [9.17, 15) is 13.2 Å². The molecule has 1 aliphatic heterocycles. The lowest BCUT2D eigenvalue weighted by atomic mass is 10.1. The van der Waals surface area contributed by atoms with Gasteiger partial charge in [0.15, 0.2) is 0 Å². The molecule has 1 aliphatic rings. The monoisotopic (exact) mass is 308 g/mol. The second-order valence-corrected chi connectivity index (χ2v) is 7.12. The molecule has 1 aromatic carbocycles. The number of H-pyrrole nitrogens is 1. The molecule has 112 valence electrons. The predicted molar refractivity (Wildman–Crippen MR) is 77.6 cm³/mol. The van der Waals surface area contributed by atoms with Crippen LogP contribution in [0.2, 0.25) is 0 Å². The number of fused-ring (bicyclic) bond motifs is 1. The van der Waals surface area contributed by atoms with Gasteiger partial charge < -0.3 is 4.90 Å². The van der Waals surface area contributed by atoms with E-state index in [1.807, 2.05) is 18.2 Å². The average Bonchev–Trinajstić information content (AvgIpc) is 2.94. The van der Waals surface area contributed by atoms with E-state index in [-0.39, 0.29) is 24.0 Å². The lowest BCUT2D eigenvalue weighted by molar-refractivity contribution is -0.128. The molecular formula is C13H16N4O3S. The van der Waals surface area contributed by atoms with Crippen molar-refractivity contribution < 1.29 is 13.2 Å². The second-order valence-electron chi connectivity index (χ2n) is 5.47. The van der Waals surface area contributed by atoms with Crippen molar-refractivity contribution in [3.63, 3.8) is 0 Å². The van der Waals surface area contributed by atoms with Crippen LogP contribution in [-0.4, -0.2) is 41.7 Å². The largest absolute Gasteiger partial charge is 0.338 e. The molecule has 0 spiro atoms. The van der Waals surface area contributed by atoms with E-state index in [2.05, 4.69) is 10.2 Å². The van der Waals surface area contributed by atoms with E-state index in [1.165, 1.54) is 0 Å². The first-order chi connectivity index (χ1) is 9.90. The van der Waals surface area contributed by atoms with Crippen LogP contribution in [-0.2, 0) is 21.4 Å². The number of sulfonamides is 1. The fraction of sp³-hybridized carbons (Fsp3) is 0.385. The van der Waals surface area contributed by atoms with Crippen molar-refractivity contribution in [3.05, 3.63) is 30.0 Å². The lowest BCUT2D eigenvalue weighted by Crippen LogP contribution is -2.27. The highest BCUT2D eigenvalue weighted by molar-refractivity contribution is 7.89. The fourth-order valence-electron chi connectivity index (χ4n) is 2.75. The smallest absolute Gasteiger partial charge is 0.223 e. The van der Waals surface area contributed by atoms with Crippen LogP contribution in [0.1, 0.15) is 12.0 Å². The Morgan fingerprint density at radius 1 is 1.43 bits per heavy atom. The predicted octanol–water partition coefficient (Wildman–Crippen LogP) is 0.200. The molecule has 1 saturated heterocycles. The van der Waals surface area contributed by atoms with E-state index in [0.29, 0.717) is 13.1 Å². The van der Waals surface area contributed by atoms with Gasteiger partial charge in [-0.3, -0.25) is 9.89 Å². The molecular weight excluding hydrogens is 292 g/mol. The molecule has 3 rings (SSSR count). The Morgan fingerprint density at radius 2 is 2.24 bits per heavy atom. The van der Waals surface area contributed by atoms with Crippen LogP contribution in [0.4, 0.5) is 0 Å². The van der Waals surface area contributed by atoms with Crippen molar-refractivity contribution >= 4 is 26.8 Å². The van der Waals surface area contributed by atoms with Gasteiger partial charge in [0.2, 0.25) is 15.9 Å². The molecule has 1 unspecified atom stereocenters. The van der Waals surface area contributed by atoms with Gasteiger partial charge in [-0.1, -0.05) is 12.1 Å². The lowest BCUT2D eigenvalue weighted by Gasteiger charge is -2.16. The summed E-state index contributed by atoms with van der Waals surface area (Å²) in [4.78, 5) is 13.6. The van der Waals surface area contributed by atoms with Crippen molar-refractivity contribution in [1.29, 1.82) is 0 Å². The Kier molecular flexibility index (Phi) is 3.42. The Morgan fingerprint density at radius 3 is 3.00 bits per heavy atom. The summed E-state index contributed by atoms with van der Waals surface area (Å²) in [6, 6.07) is 5.83. The van der Waals surface area contributed by atoms with Crippen LogP contribution in [0, 0.1) is 5.92 Å². The first-order valence-electron chi connectivity index (χ1n) is 6.61. The molecule has 1 aromatic heterocycles.